The molecule has 0 saturated heterocycles. The molecule has 0 radical (unpaired) electrons. The molecule has 0 aromatic heterocycles. The smallest absolute Gasteiger partial charge is 0.153 e. The Morgan fingerprint density at radius 1 is 1.09 bits per heavy atom. The summed E-state index contributed by atoms with van der Waals surface area (Å²) in [5, 5.41) is 1.12. The molecule has 0 fully saturated rings. The minimum absolute atomic E-state index is 0.235. The van der Waals surface area contributed by atoms with Crippen LogP contribution < -0.4 is 0 Å². The molecule has 0 aliphatic rings. The van der Waals surface area contributed by atoms with E-state index in [0.29, 0.717) is 0 Å². The maximum Gasteiger partial charge on any atom is 0.153 e. The predicted octanol–water partition coefficient (Wildman–Crippen LogP) is -1.33. The summed E-state index contributed by atoms with van der Waals surface area (Å²) in [6.07, 6.45) is 0. The summed E-state index contributed by atoms with van der Waals surface area (Å²) < 4.78 is 0. The van der Waals surface area contributed by atoms with Gasteiger partial charge in [-0.15, -0.1) is 5.37 Å². The number of carbonyl (C=O) groups is 1. The summed E-state index contributed by atoms with van der Waals surface area (Å²) in [6, 6.07) is 0. The predicted molar refractivity (Wildman–Crippen MR) is 57.1 cm³/mol. The van der Waals surface area contributed by atoms with Crippen LogP contribution in [-0.4, -0.2) is 29.3 Å². The molecule has 0 amide bonds. The zero-order valence-electron chi connectivity index (χ0n) is 8.41. The lowest BCUT2D eigenvalue weighted by Gasteiger charge is -2.18. The van der Waals surface area contributed by atoms with E-state index >= 15 is 0 Å². The highest BCUT2D eigenvalue weighted by molar-refractivity contribution is 6.56. The standard InChI is InChI=1S/C7H15B3O/c1-7(2,3)5(11)4(8)6(9)10/h8-10H2,1-3H3. The van der Waals surface area contributed by atoms with Crippen molar-refractivity contribution in [1.29, 1.82) is 0 Å². The van der Waals surface area contributed by atoms with Crippen LogP contribution in [0.3, 0.4) is 0 Å². The van der Waals surface area contributed by atoms with Crippen LogP contribution in [-0.2, 0) is 4.79 Å². The fourth-order valence-corrected chi connectivity index (χ4v) is 0.790. The maximum atomic E-state index is 11.5. The van der Waals surface area contributed by atoms with Gasteiger partial charge in [-0.3, -0.25) is 4.79 Å². The number of ketones is 1. The van der Waals surface area contributed by atoms with Crippen molar-refractivity contribution < 1.29 is 4.79 Å². The highest BCUT2D eigenvalue weighted by Gasteiger charge is 2.22. The van der Waals surface area contributed by atoms with Crippen molar-refractivity contribution in [3.05, 3.63) is 10.8 Å². The number of Topliss-reactive ketones (excluding diaryl/α,β-unsaturated/α-hetero) is 1. The van der Waals surface area contributed by atoms with Crippen LogP contribution in [0.15, 0.2) is 10.8 Å². The van der Waals surface area contributed by atoms with Crippen molar-refractivity contribution in [3.63, 3.8) is 0 Å². The molecule has 0 saturated carbocycles. The average Bonchev–Trinajstić information content (AvgIpc) is 1.82. The lowest BCUT2D eigenvalue weighted by Crippen LogP contribution is -2.23. The fraction of sp³-hybridized carbons (Fsp3) is 0.571. The molecule has 4 heteroatoms. The van der Waals surface area contributed by atoms with Gasteiger partial charge in [0.15, 0.2) is 5.78 Å². The van der Waals surface area contributed by atoms with Gasteiger partial charge in [-0.1, -0.05) is 26.2 Å². The van der Waals surface area contributed by atoms with Crippen LogP contribution in [0.25, 0.3) is 0 Å². The summed E-state index contributed by atoms with van der Waals surface area (Å²) in [4.78, 5) is 11.5. The number of hydrogen-bond donors (Lipinski definition) is 0. The van der Waals surface area contributed by atoms with Crippen LogP contribution in [0.2, 0.25) is 0 Å². The van der Waals surface area contributed by atoms with E-state index in [0.717, 1.165) is 10.8 Å². The Hall–Kier alpha value is -0.395. The third kappa shape index (κ3) is 3.00. The van der Waals surface area contributed by atoms with Gasteiger partial charge < -0.3 is 0 Å². The highest BCUT2D eigenvalue weighted by atomic mass is 16.1. The molecular formula is C7H15B3O. The zero-order valence-corrected chi connectivity index (χ0v) is 8.41. The molecule has 58 valence electrons. The van der Waals surface area contributed by atoms with E-state index in [1.54, 1.807) is 0 Å². The average molecular weight is 148 g/mol. The Kier molecular flexibility index (Phi) is 3.21. The molecular weight excluding hydrogens is 133 g/mol. The van der Waals surface area contributed by atoms with Crippen molar-refractivity contribution in [3.8, 4) is 0 Å². The van der Waals surface area contributed by atoms with E-state index in [2.05, 4.69) is 0 Å². The molecule has 0 aromatic rings. The highest BCUT2D eigenvalue weighted by Crippen LogP contribution is 2.18. The molecule has 0 unspecified atom stereocenters. The first-order chi connectivity index (χ1) is 4.76. The fourth-order valence-electron chi connectivity index (χ4n) is 0.790. The molecule has 0 spiro atoms. The second kappa shape index (κ2) is 3.33. The molecule has 1 nitrogen and oxygen atoms in total. The number of carbonyl (C=O) groups excluding carboxylic acids is 1. The molecule has 11 heavy (non-hydrogen) atoms. The van der Waals surface area contributed by atoms with Crippen molar-refractivity contribution in [2.75, 3.05) is 0 Å². The lowest BCUT2D eigenvalue weighted by atomic mass is 9.65. The third-order valence-electron chi connectivity index (χ3n) is 1.77. The molecule has 0 heterocycles. The first-order valence-electron chi connectivity index (χ1n) is 3.95. The van der Waals surface area contributed by atoms with Gasteiger partial charge in [0, 0.05) is 5.41 Å². The first-order valence-corrected chi connectivity index (χ1v) is 3.95. The second-order valence-corrected chi connectivity index (χ2v) is 4.20. The molecule has 0 rings (SSSR count). The maximum absolute atomic E-state index is 11.5. The summed E-state index contributed by atoms with van der Waals surface area (Å²) in [7, 11) is 5.83. The van der Waals surface area contributed by atoms with Crippen LogP contribution in [0.5, 0.6) is 0 Å². The van der Waals surface area contributed by atoms with Crippen molar-refractivity contribution >= 4 is 29.3 Å². The molecule has 0 aromatic carbocycles. The van der Waals surface area contributed by atoms with Gasteiger partial charge in [0.1, 0.15) is 23.5 Å². The Bertz CT molecular complexity index is 196. The summed E-state index contributed by atoms with van der Waals surface area (Å²) in [5.74, 6) is 0.248. The zero-order chi connectivity index (χ0) is 9.23. The van der Waals surface area contributed by atoms with Crippen molar-refractivity contribution in [2.24, 2.45) is 5.41 Å². The monoisotopic (exact) mass is 148 g/mol. The minimum atomic E-state index is -0.235. The summed E-state index contributed by atoms with van der Waals surface area (Å²) in [6.45, 7) is 5.84. The number of hydrogen-bond acceptors (Lipinski definition) is 1. The Morgan fingerprint density at radius 3 is 1.55 bits per heavy atom. The van der Waals surface area contributed by atoms with Gasteiger partial charge in [0.05, 0.1) is 0 Å². The van der Waals surface area contributed by atoms with E-state index in [4.69, 9.17) is 0 Å². The SMILES string of the molecule is BC(B)=C(B)C(=O)C(C)(C)C. The summed E-state index contributed by atoms with van der Waals surface area (Å²) in [5.41, 5.74) is 0.666. The normalized spacial score (nSPS) is 10.8. The Balaban J connectivity index is 4.67. The lowest BCUT2D eigenvalue weighted by molar-refractivity contribution is -0.121. The van der Waals surface area contributed by atoms with Crippen molar-refractivity contribution in [1.82, 2.24) is 0 Å². The van der Waals surface area contributed by atoms with Gasteiger partial charge in [-0.25, -0.2) is 0 Å². The van der Waals surface area contributed by atoms with Gasteiger partial charge in [0.25, 0.3) is 0 Å². The largest absolute Gasteiger partial charge is 0.295 e. The van der Waals surface area contributed by atoms with Crippen LogP contribution >= 0.6 is 0 Å². The van der Waals surface area contributed by atoms with E-state index in [1.807, 2.05) is 44.3 Å². The number of allylic oxidation sites excluding steroid dienone is 1. The minimum Gasteiger partial charge on any atom is -0.295 e. The van der Waals surface area contributed by atoms with Crippen LogP contribution in [0, 0.1) is 5.41 Å². The topological polar surface area (TPSA) is 17.1 Å². The molecule has 0 N–H and O–H groups in total. The van der Waals surface area contributed by atoms with Crippen LogP contribution in [0.4, 0.5) is 0 Å². The van der Waals surface area contributed by atoms with Gasteiger partial charge in [-0.05, 0) is 0 Å². The van der Waals surface area contributed by atoms with Crippen LogP contribution in [0.1, 0.15) is 20.8 Å². The van der Waals surface area contributed by atoms with E-state index in [9.17, 15) is 4.79 Å². The van der Waals surface area contributed by atoms with E-state index in [1.165, 1.54) is 0 Å². The second-order valence-electron chi connectivity index (χ2n) is 4.20. The summed E-state index contributed by atoms with van der Waals surface area (Å²) >= 11 is 0. The quantitative estimate of drug-likeness (QED) is 0.332. The van der Waals surface area contributed by atoms with Gasteiger partial charge >= 0.3 is 0 Å². The Morgan fingerprint density at radius 2 is 1.45 bits per heavy atom. The van der Waals surface area contributed by atoms with E-state index in [-0.39, 0.29) is 11.2 Å². The van der Waals surface area contributed by atoms with E-state index < -0.39 is 0 Å². The molecule has 0 aliphatic heterocycles. The first kappa shape index (κ1) is 10.6. The van der Waals surface area contributed by atoms with Gasteiger partial charge in [-0.2, -0.15) is 0 Å². The molecule has 0 atom stereocenters. The Labute approximate surface area is 71.9 Å². The van der Waals surface area contributed by atoms with Gasteiger partial charge in [0.2, 0.25) is 0 Å². The molecule has 0 bridgehead atoms. The number of rotatable bonds is 1. The molecule has 0 aliphatic carbocycles. The van der Waals surface area contributed by atoms with Crippen molar-refractivity contribution in [2.45, 2.75) is 20.8 Å². The third-order valence-corrected chi connectivity index (χ3v) is 1.77.